The summed E-state index contributed by atoms with van der Waals surface area (Å²) >= 11 is 0. The van der Waals surface area contributed by atoms with Crippen molar-refractivity contribution in [3.05, 3.63) is 59.8 Å². The maximum absolute atomic E-state index is 12.5. The van der Waals surface area contributed by atoms with Crippen molar-refractivity contribution in [2.75, 3.05) is 7.05 Å². The summed E-state index contributed by atoms with van der Waals surface area (Å²) < 4.78 is 0. The number of carbonyl (C=O) groups excluding carboxylic acids is 1. The zero-order valence-corrected chi connectivity index (χ0v) is 13.5. The second kappa shape index (κ2) is 5.96. The number of carbonyl (C=O) groups is 1. The largest absolute Gasteiger partial charge is 0.341 e. The van der Waals surface area contributed by atoms with Gasteiger partial charge in [-0.2, -0.15) is 5.10 Å². The predicted octanol–water partition coefficient (Wildman–Crippen LogP) is 2.95. The van der Waals surface area contributed by atoms with Crippen LogP contribution in [0.1, 0.15) is 40.8 Å². The molecule has 0 aliphatic heterocycles. The highest BCUT2D eigenvalue weighted by molar-refractivity contribution is 5.92. The van der Waals surface area contributed by atoms with Crippen LogP contribution in [0.4, 0.5) is 0 Å². The lowest BCUT2D eigenvalue weighted by Crippen LogP contribution is -2.27. The summed E-state index contributed by atoms with van der Waals surface area (Å²) in [6.07, 6.45) is 4.16. The minimum absolute atomic E-state index is 0.101. The number of hydrogen-bond acceptors (Lipinski definition) is 3. The molecule has 0 spiro atoms. The van der Waals surface area contributed by atoms with E-state index in [0.29, 0.717) is 18.2 Å². The Hall–Kier alpha value is -2.89. The molecule has 1 aliphatic carbocycles. The van der Waals surface area contributed by atoms with Crippen molar-refractivity contribution in [3.63, 3.8) is 0 Å². The lowest BCUT2D eigenvalue weighted by atomic mass is 10.2. The Labute approximate surface area is 139 Å². The van der Waals surface area contributed by atoms with Crippen LogP contribution in [0.2, 0.25) is 0 Å². The van der Waals surface area contributed by atoms with Gasteiger partial charge in [-0.15, -0.1) is 0 Å². The quantitative estimate of drug-likeness (QED) is 0.758. The molecular weight excluding hydrogens is 302 g/mol. The molecule has 4 rings (SSSR count). The Bertz CT molecular complexity index is 847. The average Bonchev–Trinajstić information content (AvgIpc) is 3.16. The molecule has 1 aromatic carbocycles. The molecule has 24 heavy (non-hydrogen) atoms. The Balaban J connectivity index is 1.44. The molecule has 2 N–H and O–H groups in total. The van der Waals surface area contributed by atoms with Crippen LogP contribution in [-0.4, -0.2) is 38.0 Å². The first-order valence-corrected chi connectivity index (χ1v) is 8.11. The van der Waals surface area contributed by atoms with Gasteiger partial charge in [-0.1, -0.05) is 30.3 Å². The fraction of sp³-hybridized carbons (Fsp3) is 0.278. The summed E-state index contributed by atoms with van der Waals surface area (Å²) in [5, 5.41) is 7.12. The second-order valence-corrected chi connectivity index (χ2v) is 6.25. The summed E-state index contributed by atoms with van der Waals surface area (Å²) in [4.78, 5) is 21.8. The Morgan fingerprint density at radius 2 is 2.08 bits per heavy atom. The number of aromatic nitrogens is 4. The third kappa shape index (κ3) is 2.95. The molecule has 122 valence electrons. The highest BCUT2D eigenvalue weighted by Gasteiger charge is 2.27. The van der Waals surface area contributed by atoms with Crippen LogP contribution in [0.5, 0.6) is 0 Å². The summed E-state index contributed by atoms with van der Waals surface area (Å²) in [7, 11) is 1.76. The van der Waals surface area contributed by atoms with Crippen molar-refractivity contribution in [2.24, 2.45) is 0 Å². The van der Waals surface area contributed by atoms with Crippen LogP contribution in [0, 0.1) is 0 Å². The predicted molar refractivity (Wildman–Crippen MR) is 90.4 cm³/mol. The van der Waals surface area contributed by atoms with Gasteiger partial charge < -0.3 is 9.88 Å². The highest BCUT2D eigenvalue weighted by Crippen LogP contribution is 2.39. The molecule has 2 aromatic heterocycles. The topological polar surface area (TPSA) is 77.7 Å². The molecular formula is C18H19N5O. The van der Waals surface area contributed by atoms with E-state index in [0.717, 1.165) is 22.8 Å². The van der Waals surface area contributed by atoms with Gasteiger partial charge in [0.25, 0.3) is 5.91 Å². The lowest BCUT2D eigenvalue weighted by molar-refractivity contribution is 0.0776. The summed E-state index contributed by atoms with van der Waals surface area (Å²) in [6, 6.07) is 11.9. The van der Waals surface area contributed by atoms with Crippen molar-refractivity contribution in [2.45, 2.75) is 25.3 Å². The zero-order valence-electron chi connectivity index (χ0n) is 13.5. The van der Waals surface area contributed by atoms with E-state index < -0.39 is 0 Å². The van der Waals surface area contributed by atoms with Crippen molar-refractivity contribution in [3.8, 4) is 11.3 Å². The minimum Gasteiger partial charge on any atom is -0.341 e. The molecule has 1 aliphatic rings. The number of amides is 1. The first-order valence-electron chi connectivity index (χ1n) is 8.11. The number of hydrogen-bond donors (Lipinski definition) is 2. The second-order valence-electron chi connectivity index (χ2n) is 6.25. The molecule has 2 heterocycles. The van der Waals surface area contributed by atoms with Gasteiger partial charge in [-0.3, -0.25) is 9.89 Å². The fourth-order valence-corrected chi connectivity index (χ4v) is 2.75. The molecule has 0 bridgehead atoms. The van der Waals surface area contributed by atoms with E-state index in [-0.39, 0.29) is 5.91 Å². The Kier molecular flexibility index (Phi) is 3.65. The van der Waals surface area contributed by atoms with Crippen LogP contribution < -0.4 is 0 Å². The Morgan fingerprint density at radius 1 is 1.29 bits per heavy atom. The standard InChI is InChI=1S/C18H19N5O/c1-23(18(24)15-9-14(21-22-15)13-7-8-13)11-17-19-10-16(20-17)12-5-3-2-4-6-12/h2-6,9-10,13H,7-8,11H2,1H3,(H,19,20)(H,21,22). The van der Waals surface area contributed by atoms with Crippen molar-refractivity contribution >= 4 is 5.91 Å². The van der Waals surface area contributed by atoms with Crippen LogP contribution in [0.15, 0.2) is 42.6 Å². The van der Waals surface area contributed by atoms with E-state index in [2.05, 4.69) is 20.2 Å². The van der Waals surface area contributed by atoms with Crippen LogP contribution in [0.3, 0.4) is 0 Å². The fourth-order valence-electron chi connectivity index (χ4n) is 2.75. The number of nitrogens with zero attached hydrogens (tertiary/aromatic N) is 3. The summed E-state index contributed by atoms with van der Waals surface area (Å²) in [5.41, 5.74) is 3.55. The van der Waals surface area contributed by atoms with Gasteiger partial charge in [-0.05, 0) is 24.5 Å². The molecule has 6 nitrogen and oxygen atoms in total. The van der Waals surface area contributed by atoms with Crippen molar-refractivity contribution in [1.29, 1.82) is 0 Å². The summed E-state index contributed by atoms with van der Waals surface area (Å²) in [5.74, 6) is 1.21. The molecule has 0 atom stereocenters. The number of H-pyrrole nitrogens is 2. The van der Waals surface area contributed by atoms with Crippen LogP contribution in [-0.2, 0) is 6.54 Å². The number of benzene rings is 1. The third-order valence-corrected chi connectivity index (χ3v) is 4.28. The van der Waals surface area contributed by atoms with Crippen molar-refractivity contribution < 1.29 is 4.79 Å². The summed E-state index contributed by atoms with van der Waals surface area (Å²) in [6.45, 7) is 0.414. The minimum atomic E-state index is -0.101. The highest BCUT2D eigenvalue weighted by atomic mass is 16.2. The SMILES string of the molecule is CN(Cc1ncc(-c2ccccc2)[nH]1)C(=O)c1cc(C2CC2)[nH]n1. The van der Waals surface area contributed by atoms with Gasteiger partial charge in [0.05, 0.1) is 18.4 Å². The van der Waals surface area contributed by atoms with Crippen LogP contribution >= 0.6 is 0 Å². The van der Waals surface area contributed by atoms with E-state index >= 15 is 0 Å². The maximum atomic E-state index is 12.5. The molecule has 3 aromatic rings. The normalized spacial score (nSPS) is 13.9. The van der Waals surface area contributed by atoms with E-state index in [4.69, 9.17) is 0 Å². The zero-order chi connectivity index (χ0) is 16.5. The number of aromatic amines is 2. The van der Waals surface area contributed by atoms with E-state index in [9.17, 15) is 4.79 Å². The molecule has 0 unspecified atom stereocenters. The molecule has 1 fully saturated rings. The molecule has 0 saturated heterocycles. The lowest BCUT2D eigenvalue weighted by Gasteiger charge is -2.13. The average molecular weight is 321 g/mol. The monoisotopic (exact) mass is 321 g/mol. The van der Waals surface area contributed by atoms with Crippen molar-refractivity contribution in [1.82, 2.24) is 25.1 Å². The van der Waals surface area contributed by atoms with Gasteiger partial charge in [-0.25, -0.2) is 4.98 Å². The van der Waals surface area contributed by atoms with Gasteiger partial charge in [0.15, 0.2) is 0 Å². The van der Waals surface area contributed by atoms with Gasteiger partial charge in [0.2, 0.25) is 0 Å². The van der Waals surface area contributed by atoms with Gasteiger partial charge >= 0.3 is 0 Å². The molecule has 0 radical (unpaired) electrons. The number of rotatable bonds is 5. The smallest absolute Gasteiger partial charge is 0.274 e. The van der Waals surface area contributed by atoms with Crippen LogP contribution in [0.25, 0.3) is 11.3 Å². The number of nitrogens with one attached hydrogen (secondary N) is 2. The van der Waals surface area contributed by atoms with E-state index in [1.807, 2.05) is 36.4 Å². The third-order valence-electron chi connectivity index (χ3n) is 4.28. The number of imidazole rings is 1. The first kappa shape index (κ1) is 14.7. The maximum Gasteiger partial charge on any atom is 0.274 e. The Morgan fingerprint density at radius 3 is 2.83 bits per heavy atom. The van der Waals surface area contributed by atoms with Gasteiger partial charge in [0.1, 0.15) is 11.5 Å². The van der Waals surface area contributed by atoms with Gasteiger partial charge in [0, 0.05) is 18.7 Å². The molecule has 1 amide bonds. The molecule has 1 saturated carbocycles. The molecule has 6 heteroatoms. The van der Waals surface area contributed by atoms with E-state index in [1.165, 1.54) is 12.8 Å². The first-order chi connectivity index (χ1) is 11.7. The van der Waals surface area contributed by atoms with E-state index in [1.54, 1.807) is 18.1 Å².